The molecule has 2 aromatic rings. The lowest BCUT2D eigenvalue weighted by Crippen LogP contribution is -2.36. The number of aryl methyl sites for hydroxylation is 1. The van der Waals surface area contributed by atoms with E-state index >= 15 is 0 Å². The Morgan fingerprint density at radius 2 is 2.03 bits per heavy atom. The first-order chi connectivity index (χ1) is 14.3. The Bertz CT molecular complexity index is 1060. The predicted octanol–water partition coefficient (Wildman–Crippen LogP) is 2.12. The van der Waals surface area contributed by atoms with Crippen molar-refractivity contribution in [3.8, 4) is 5.75 Å². The van der Waals surface area contributed by atoms with Crippen LogP contribution in [0, 0.1) is 12.7 Å². The number of esters is 1. The number of hydrogen-bond donors (Lipinski definition) is 1. The Labute approximate surface area is 174 Å². The maximum absolute atomic E-state index is 14.8. The lowest BCUT2D eigenvalue weighted by Gasteiger charge is -2.29. The summed E-state index contributed by atoms with van der Waals surface area (Å²) in [6, 6.07) is 7.69. The van der Waals surface area contributed by atoms with Crippen LogP contribution in [-0.4, -0.2) is 42.7 Å². The highest BCUT2D eigenvalue weighted by molar-refractivity contribution is 5.92. The van der Waals surface area contributed by atoms with E-state index in [0.29, 0.717) is 18.8 Å². The summed E-state index contributed by atoms with van der Waals surface area (Å²) in [6.45, 7) is 4.62. The first-order valence-electron chi connectivity index (χ1n) is 9.74. The molecule has 0 radical (unpaired) electrons. The molecule has 0 spiro atoms. The molecule has 0 saturated carbocycles. The number of carbonyl (C=O) groups excluding carboxylic acids is 1. The van der Waals surface area contributed by atoms with E-state index in [1.165, 1.54) is 12.1 Å². The second kappa shape index (κ2) is 8.71. The van der Waals surface area contributed by atoms with E-state index in [1.807, 2.05) is 19.0 Å². The van der Waals surface area contributed by atoms with Crippen LogP contribution in [0.3, 0.4) is 0 Å². The highest BCUT2D eigenvalue weighted by Gasteiger charge is 2.39. The average molecular weight is 415 g/mol. The van der Waals surface area contributed by atoms with Crippen LogP contribution in [0.2, 0.25) is 0 Å². The molecule has 1 aromatic heterocycles. The summed E-state index contributed by atoms with van der Waals surface area (Å²) in [5.74, 6) is -2.30. The molecule has 1 aromatic carbocycles. The van der Waals surface area contributed by atoms with Crippen molar-refractivity contribution in [3.05, 3.63) is 74.8 Å². The fourth-order valence-electron chi connectivity index (χ4n) is 3.59. The van der Waals surface area contributed by atoms with Crippen molar-refractivity contribution in [2.24, 2.45) is 5.73 Å². The fourth-order valence-corrected chi connectivity index (χ4v) is 3.59. The first-order valence-corrected chi connectivity index (χ1v) is 9.74. The monoisotopic (exact) mass is 415 g/mol. The van der Waals surface area contributed by atoms with Crippen molar-refractivity contribution in [3.63, 3.8) is 0 Å². The molecule has 8 heteroatoms. The van der Waals surface area contributed by atoms with E-state index in [2.05, 4.69) is 0 Å². The Kier molecular flexibility index (Phi) is 6.26. The Morgan fingerprint density at radius 3 is 2.67 bits per heavy atom. The molecule has 0 amide bonds. The van der Waals surface area contributed by atoms with Crippen molar-refractivity contribution < 1.29 is 18.7 Å². The summed E-state index contributed by atoms with van der Waals surface area (Å²) >= 11 is 0. The number of ether oxygens (including phenoxy) is 2. The molecule has 3 rings (SSSR count). The summed E-state index contributed by atoms with van der Waals surface area (Å²) < 4.78 is 27.2. The van der Waals surface area contributed by atoms with E-state index in [-0.39, 0.29) is 40.5 Å². The number of aromatic nitrogens is 1. The molecule has 160 valence electrons. The van der Waals surface area contributed by atoms with Gasteiger partial charge in [0.1, 0.15) is 17.1 Å². The molecule has 1 unspecified atom stereocenters. The minimum atomic E-state index is -1.03. The third-order valence-corrected chi connectivity index (χ3v) is 5.05. The van der Waals surface area contributed by atoms with Crippen LogP contribution in [0.15, 0.2) is 46.6 Å². The van der Waals surface area contributed by atoms with Crippen LogP contribution < -0.4 is 16.0 Å². The molecular formula is C22H26FN3O4. The zero-order valence-corrected chi connectivity index (χ0v) is 17.6. The summed E-state index contributed by atoms with van der Waals surface area (Å²) in [5.41, 5.74) is 6.64. The van der Waals surface area contributed by atoms with Crippen LogP contribution in [0.5, 0.6) is 5.75 Å². The predicted molar refractivity (Wildman–Crippen MR) is 111 cm³/mol. The number of nitrogens with two attached hydrogens (primary N) is 1. The molecule has 1 aliphatic rings. The van der Waals surface area contributed by atoms with Crippen LogP contribution in [-0.2, 0) is 16.1 Å². The number of likely N-dealkylation sites (N-methyl/N-ethyl adjacent to an activating group) is 1. The number of pyridine rings is 1. The molecule has 30 heavy (non-hydrogen) atoms. The van der Waals surface area contributed by atoms with Crippen LogP contribution in [0.25, 0.3) is 0 Å². The molecule has 0 fully saturated rings. The minimum Gasteiger partial charge on any atom is -0.462 e. The van der Waals surface area contributed by atoms with Gasteiger partial charge in [0.05, 0.1) is 18.1 Å². The largest absolute Gasteiger partial charge is 0.462 e. The second-order valence-electron chi connectivity index (χ2n) is 7.38. The lowest BCUT2D eigenvalue weighted by atomic mass is 9.83. The lowest BCUT2D eigenvalue weighted by molar-refractivity contribution is -0.139. The molecule has 0 aliphatic carbocycles. The zero-order valence-electron chi connectivity index (χ0n) is 17.6. The zero-order chi connectivity index (χ0) is 22.0. The standard InChI is InChI=1S/C22H26FN3O4/c1-5-29-22(28)19-17(14-8-6-7-9-15(14)23)18-16(30-20(19)24)12-13(2)26(21(18)27)11-10-25(3)4/h6-9,12,17H,5,10-11,24H2,1-4H3. The van der Waals surface area contributed by atoms with Crippen LogP contribution >= 0.6 is 0 Å². The summed E-state index contributed by atoms with van der Waals surface area (Å²) in [6.07, 6.45) is 0. The Balaban J connectivity index is 2.27. The maximum atomic E-state index is 14.8. The van der Waals surface area contributed by atoms with Crippen molar-refractivity contribution in [2.45, 2.75) is 26.3 Å². The van der Waals surface area contributed by atoms with Crippen molar-refractivity contribution in [1.29, 1.82) is 0 Å². The van der Waals surface area contributed by atoms with Gasteiger partial charge in [-0.15, -0.1) is 0 Å². The van der Waals surface area contributed by atoms with Gasteiger partial charge in [-0.3, -0.25) is 4.79 Å². The number of benzene rings is 1. The molecule has 7 nitrogen and oxygen atoms in total. The fraction of sp³-hybridized carbons (Fsp3) is 0.364. The molecule has 2 heterocycles. The number of halogens is 1. The highest BCUT2D eigenvalue weighted by Crippen LogP contribution is 2.42. The first kappa shape index (κ1) is 21.6. The molecule has 0 saturated heterocycles. The van der Waals surface area contributed by atoms with Gasteiger partial charge >= 0.3 is 5.97 Å². The van der Waals surface area contributed by atoms with Gasteiger partial charge in [-0.1, -0.05) is 18.2 Å². The van der Waals surface area contributed by atoms with Gasteiger partial charge in [0.2, 0.25) is 5.88 Å². The number of carbonyl (C=O) groups is 1. The summed E-state index contributed by atoms with van der Waals surface area (Å²) in [7, 11) is 3.82. The SMILES string of the molecule is CCOC(=O)C1=C(N)Oc2cc(C)n(CCN(C)C)c(=O)c2C1c1ccccc1F. The normalized spacial score (nSPS) is 15.7. The van der Waals surface area contributed by atoms with Gasteiger partial charge in [-0.25, -0.2) is 9.18 Å². The minimum absolute atomic E-state index is 0.0745. The van der Waals surface area contributed by atoms with E-state index in [4.69, 9.17) is 15.2 Å². The third-order valence-electron chi connectivity index (χ3n) is 5.05. The van der Waals surface area contributed by atoms with Crippen LogP contribution in [0.1, 0.15) is 29.7 Å². The number of nitrogens with zero attached hydrogens (tertiary/aromatic N) is 2. The van der Waals surface area contributed by atoms with Crippen molar-refractivity contribution in [1.82, 2.24) is 9.47 Å². The van der Waals surface area contributed by atoms with Gasteiger partial charge in [-0.2, -0.15) is 0 Å². The van der Waals surface area contributed by atoms with Gasteiger partial charge in [0.25, 0.3) is 5.56 Å². The van der Waals surface area contributed by atoms with E-state index in [1.54, 1.807) is 36.6 Å². The Hall–Kier alpha value is -3.13. The number of hydrogen-bond acceptors (Lipinski definition) is 6. The van der Waals surface area contributed by atoms with Crippen molar-refractivity contribution >= 4 is 5.97 Å². The molecule has 0 bridgehead atoms. The van der Waals surface area contributed by atoms with Gasteiger partial charge in [0, 0.05) is 30.4 Å². The number of rotatable bonds is 6. The molecule has 2 N–H and O–H groups in total. The van der Waals surface area contributed by atoms with E-state index in [9.17, 15) is 14.0 Å². The summed E-state index contributed by atoms with van der Waals surface area (Å²) in [4.78, 5) is 28.2. The smallest absolute Gasteiger partial charge is 0.340 e. The van der Waals surface area contributed by atoms with Gasteiger partial charge in [0.15, 0.2) is 0 Å². The van der Waals surface area contributed by atoms with E-state index < -0.39 is 17.7 Å². The molecule has 1 atom stereocenters. The Morgan fingerprint density at radius 1 is 1.33 bits per heavy atom. The van der Waals surface area contributed by atoms with Crippen LogP contribution in [0.4, 0.5) is 4.39 Å². The van der Waals surface area contributed by atoms with E-state index in [0.717, 1.165) is 0 Å². The summed E-state index contributed by atoms with van der Waals surface area (Å²) in [5, 5.41) is 0. The van der Waals surface area contributed by atoms with Crippen molar-refractivity contribution in [2.75, 3.05) is 27.2 Å². The highest BCUT2D eigenvalue weighted by atomic mass is 19.1. The molecular weight excluding hydrogens is 389 g/mol. The maximum Gasteiger partial charge on any atom is 0.340 e. The quantitative estimate of drug-likeness (QED) is 0.728. The number of fused-ring (bicyclic) bond motifs is 1. The van der Waals surface area contributed by atoms with Gasteiger partial charge < -0.3 is 24.7 Å². The second-order valence-corrected chi connectivity index (χ2v) is 7.38. The third kappa shape index (κ3) is 3.95. The average Bonchev–Trinajstić information content (AvgIpc) is 2.67. The topological polar surface area (TPSA) is 86.8 Å². The molecule has 1 aliphatic heterocycles. The van der Waals surface area contributed by atoms with Gasteiger partial charge in [-0.05, 0) is 34.0 Å².